The molecule has 0 saturated carbocycles. The number of ether oxygens (including phenoxy) is 2. The Labute approximate surface area is 203 Å². The van der Waals surface area contributed by atoms with E-state index < -0.39 is 5.97 Å². The van der Waals surface area contributed by atoms with Gasteiger partial charge in [-0.05, 0) is 49.2 Å². The molecule has 32 heavy (non-hydrogen) atoms. The number of rotatable bonds is 8. The fraction of sp³-hybridized carbons (Fsp3) is 0.273. The van der Waals surface area contributed by atoms with Crippen molar-refractivity contribution in [1.82, 2.24) is 9.66 Å². The van der Waals surface area contributed by atoms with Gasteiger partial charge in [0.05, 0.1) is 33.8 Å². The second-order valence-corrected chi connectivity index (χ2v) is 8.44. The smallest absolute Gasteiger partial charge is 0.344 e. The van der Waals surface area contributed by atoms with Gasteiger partial charge in [0, 0.05) is 10.9 Å². The van der Waals surface area contributed by atoms with Crippen molar-refractivity contribution in [3.05, 3.63) is 66.6 Å². The van der Waals surface area contributed by atoms with Gasteiger partial charge in [0.15, 0.2) is 12.4 Å². The zero-order valence-electron chi connectivity index (χ0n) is 17.4. The largest absolute Gasteiger partial charge is 0.479 e. The summed E-state index contributed by atoms with van der Waals surface area (Å²) in [5.41, 5.74) is 0.886. The van der Waals surface area contributed by atoms with Gasteiger partial charge in [-0.1, -0.05) is 46.1 Å². The minimum absolute atomic E-state index is 0.166. The lowest BCUT2D eigenvalue weighted by molar-refractivity contribution is -0.145. The molecule has 1 heterocycles. The molecule has 3 rings (SSSR count). The number of carbonyl (C=O) groups excluding carboxylic acids is 1. The van der Waals surface area contributed by atoms with Gasteiger partial charge < -0.3 is 9.47 Å². The number of nitrogens with zero attached hydrogens (tertiary/aromatic N) is 3. The van der Waals surface area contributed by atoms with E-state index in [1.54, 1.807) is 31.2 Å². The number of hydrogen-bond acceptors (Lipinski definition) is 6. The van der Waals surface area contributed by atoms with Crippen LogP contribution in [-0.2, 0) is 16.0 Å². The van der Waals surface area contributed by atoms with Crippen LogP contribution in [0.25, 0.3) is 10.9 Å². The summed E-state index contributed by atoms with van der Waals surface area (Å²) >= 11 is 15.9. The van der Waals surface area contributed by atoms with Gasteiger partial charge in [0.1, 0.15) is 5.82 Å². The van der Waals surface area contributed by atoms with E-state index in [4.69, 9.17) is 32.7 Å². The Hall–Kier alpha value is -2.42. The highest BCUT2D eigenvalue weighted by Crippen LogP contribution is 2.34. The fourth-order valence-corrected chi connectivity index (χ4v) is 3.92. The van der Waals surface area contributed by atoms with Gasteiger partial charge in [-0.3, -0.25) is 4.79 Å². The molecule has 3 aromatic rings. The molecule has 0 fully saturated rings. The summed E-state index contributed by atoms with van der Waals surface area (Å²) in [7, 11) is 0. The first-order chi connectivity index (χ1) is 15.3. The summed E-state index contributed by atoms with van der Waals surface area (Å²) in [5.74, 6) is 0.193. The fourth-order valence-electron chi connectivity index (χ4n) is 2.95. The molecule has 0 atom stereocenters. The molecule has 0 saturated heterocycles. The van der Waals surface area contributed by atoms with Crippen LogP contribution in [0.4, 0.5) is 0 Å². The molecule has 0 radical (unpaired) electrons. The maximum atomic E-state index is 13.1. The molecule has 1 aromatic heterocycles. The van der Waals surface area contributed by atoms with Crippen molar-refractivity contribution in [3.8, 4) is 5.75 Å². The predicted molar refractivity (Wildman–Crippen MR) is 129 cm³/mol. The number of aryl methyl sites for hydroxylation is 1. The van der Waals surface area contributed by atoms with Crippen molar-refractivity contribution in [3.63, 3.8) is 0 Å². The summed E-state index contributed by atoms with van der Waals surface area (Å²) in [4.78, 5) is 29.2. The molecule has 10 heteroatoms. The van der Waals surface area contributed by atoms with Gasteiger partial charge >= 0.3 is 5.97 Å². The van der Waals surface area contributed by atoms with Gasteiger partial charge in [0.2, 0.25) is 0 Å². The number of fused-ring (bicyclic) bond motifs is 1. The van der Waals surface area contributed by atoms with Crippen molar-refractivity contribution in [1.29, 1.82) is 0 Å². The summed E-state index contributed by atoms with van der Waals surface area (Å²) in [6.07, 6.45) is 2.85. The standard InChI is InChI=1S/C22H20BrCl2N3O4/c1-3-5-19-27-18-7-6-14(23)10-15(18)22(30)28(19)26-11-13-8-16(24)21(17(25)9-13)32-12-20(29)31-4-2/h6-11H,3-5,12H2,1-2H3. The van der Waals surface area contributed by atoms with Crippen LogP contribution in [-0.4, -0.2) is 35.1 Å². The van der Waals surface area contributed by atoms with Crippen LogP contribution in [0.1, 0.15) is 31.7 Å². The first-order valence-corrected chi connectivity index (χ1v) is 11.4. The molecule has 0 amide bonds. The number of aromatic nitrogens is 2. The molecule has 0 unspecified atom stereocenters. The third-order valence-corrected chi connectivity index (χ3v) is 5.39. The second kappa shape index (κ2) is 10.9. The Bertz CT molecular complexity index is 1220. The maximum Gasteiger partial charge on any atom is 0.344 e. The summed E-state index contributed by atoms with van der Waals surface area (Å²) in [5, 5.41) is 5.21. The van der Waals surface area contributed by atoms with Crippen LogP contribution < -0.4 is 10.3 Å². The van der Waals surface area contributed by atoms with Gasteiger partial charge in [-0.15, -0.1) is 0 Å². The van der Waals surface area contributed by atoms with E-state index in [2.05, 4.69) is 26.0 Å². The van der Waals surface area contributed by atoms with Gasteiger partial charge in [0.25, 0.3) is 5.56 Å². The van der Waals surface area contributed by atoms with Crippen molar-refractivity contribution >= 4 is 62.2 Å². The zero-order chi connectivity index (χ0) is 23.3. The van der Waals surface area contributed by atoms with Gasteiger partial charge in [-0.25, -0.2) is 9.78 Å². The Morgan fingerprint density at radius 1 is 1.22 bits per heavy atom. The first kappa shape index (κ1) is 24.2. The van der Waals surface area contributed by atoms with E-state index in [1.807, 2.05) is 13.0 Å². The summed E-state index contributed by atoms with van der Waals surface area (Å²) in [6, 6.07) is 8.51. The first-order valence-electron chi connectivity index (χ1n) is 9.87. The van der Waals surface area contributed by atoms with Crippen molar-refractivity contribution in [2.75, 3.05) is 13.2 Å². The number of benzene rings is 2. The van der Waals surface area contributed by atoms with E-state index in [0.717, 1.165) is 10.9 Å². The SMILES string of the molecule is CCCc1nc2ccc(Br)cc2c(=O)n1N=Cc1cc(Cl)c(OCC(=O)OCC)c(Cl)c1. The average molecular weight is 541 g/mol. The number of hydrogen-bond donors (Lipinski definition) is 0. The van der Waals surface area contributed by atoms with Crippen LogP contribution in [0.2, 0.25) is 10.0 Å². The average Bonchev–Trinajstić information content (AvgIpc) is 2.74. The van der Waals surface area contributed by atoms with Crippen LogP contribution in [0, 0.1) is 0 Å². The van der Waals surface area contributed by atoms with Crippen LogP contribution in [0.3, 0.4) is 0 Å². The lowest BCUT2D eigenvalue weighted by Crippen LogP contribution is -2.22. The molecule has 7 nitrogen and oxygen atoms in total. The highest BCUT2D eigenvalue weighted by molar-refractivity contribution is 9.10. The number of carbonyl (C=O) groups is 1. The highest BCUT2D eigenvalue weighted by atomic mass is 79.9. The van der Waals surface area contributed by atoms with E-state index in [9.17, 15) is 9.59 Å². The predicted octanol–water partition coefficient (Wildman–Crippen LogP) is 5.24. The van der Waals surface area contributed by atoms with E-state index >= 15 is 0 Å². The normalized spacial score (nSPS) is 11.3. The molecule has 0 bridgehead atoms. The van der Waals surface area contributed by atoms with Crippen molar-refractivity contribution in [2.45, 2.75) is 26.7 Å². The monoisotopic (exact) mass is 539 g/mol. The molecule has 0 N–H and O–H groups in total. The van der Waals surface area contributed by atoms with Gasteiger partial charge in [-0.2, -0.15) is 9.78 Å². The third kappa shape index (κ3) is 5.68. The van der Waals surface area contributed by atoms with Crippen LogP contribution >= 0.6 is 39.1 Å². The summed E-state index contributed by atoms with van der Waals surface area (Å²) < 4.78 is 12.3. The van der Waals surface area contributed by atoms with E-state index in [0.29, 0.717) is 28.7 Å². The summed E-state index contributed by atoms with van der Waals surface area (Å²) in [6.45, 7) is 3.64. The second-order valence-electron chi connectivity index (χ2n) is 6.71. The molecule has 2 aromatic carbocycles. The number of halogens is 3. The molecule has 0 spiro atoms. The zero-order valence-corrected chi connectivity index (χ0v) is 20.5. The lowest BCUT2D eigenvalue weighted by Gasteiger charge is -2.11. The minimum Gasteiger partial charge on any atom is -0.479 e. The van der Waals surface area contributed by atoms with Crippen LogP contribution in [0.15, 0.2) is 44.7 Å². The molecule has 0 aliphatic heterocycles. The van der Waals surface area contributed by atoms with E-state index in [-0.39, 0.29) is 34.6 Å². The lowest BCUT2D eigenvalue weighted by atomic mass is 10.2. The Kier molecular flexibility index (Phi) is 8.28. The Morgan fingerprint density at radius 2 is 1.94 bits per heavy atom. The third-order valence-electron chi connectivity index (χ3n) is 4.33. The Morgan fingerprint density at radius 3 is 2.59 bits per heavy atom. The molecule has 0 aliphatic carbocycles. The molecular formula is C22H20BrCl2N3O4. The molecular weight excluding hydrogens is 521 g/mol. The highest BCUT2D eigenvalue weighted by Gasteiger charge is 2.13. The topological polar surface area (TPSA) is 82.8 Å². The minimum atomic E-state index is -0.524. The van der Waals surface area contributed by atoms with Crippen LogP contribution in [0.5, 0.6) is 5.75 Å². The van der Waals surface area contributed by atoms with Crippen molar-refractivity contribution in [2.24, 2.45) is 5.10 Å². The van der Waals surface area contributed by atoms with Crippen molar-refractivity contribution < 1.29 is 14.3 Å². The van der Waals surface area contributed by atoms with E-state index in [1.165, 1.54) is 10.9 Å². The molecule has 168 valence electrons. The maximum absolute atomic E-state index is 13.1. The Balaban J connectivity index is 1.95. The molecule has 0 aliphatic rings. The number of esters is 1. The quantitative estimate of drug-likeness (QED) is 0.288.